The molecule has 2 heterocycles. The third-order valence-electron chi connectivity index (χ3n) is 6.46. The molecular weight excluding hydrogens is 429 g/mol. The Bertz CT molecular complexity index is 1300. The van der Waals surface area contributed by atoms with Crippen molar-refractivity contribution >= 4 is 17.4 Å². The summed E-state index contributed by atoms with van der Waals surface area (Å²) in [6.45, 7) is 1.85. The zero-order valence-electron chi connectivity index (χ0n) is 18.7. The van der Waals surface area contributed by atoms with Crippen molar-refractivity contribution < 1.29 is 14.0 Å². The molecule has 0 saturated carbocycles. The molecule has 0 saturated heterocycles. The maximum atomic E-state index is 13.6. The van der Waals surface area contributed by atoms with Crippen LogP contribution in [0.3, 0.4) is 0 Å². The number of halogens is 1. The maximum absolute atomic E-state index is 13.6. The topological polar surface area (TPSA) is 71.1 Å². The largest absolute Gasteiger partial charge is 0.362 e. The van der Waals surface area contributed by atoms with Crippen molar-refractivity contribution in [3.8, 4) is 0 Å². The van der Waals surface area contributed by atoms with Gasteiger partial charge in [0, 0.05) is 53.0 Å². The predicted octanol–water partition coefficient (Wildman–Crippen LogP) is 5.22. The van der Waals surface area contributed by atoms with Gasteiger partial charge in [-0.1, -0.05) is 36.4 Å². The second-order valence-electron chi connectivity index (χ2n) is 8.68. The van der Waals surface area contributed by atoms with Crippen LogP contribution in [0.1, 0.15) is 42.7 Å². The lowest BCUT2D eigenvalue weighted by atomic mass is 9.72. The van der Waals surface area contributed by atoms with Gasteiger partial charge in [0.25, 0.3) is 5.91 Å². The smallest absolute Gasteiger partial charge is 0.254 e. The molecule has 2 atom stereocenters. The van der Waals surface area contributed by atoms with Crippen molar-refractivity contribution in [1.82, 2.24) is 10.3 Å². The summed E-state index contributed by atoms with van der Waals surface area (Å²) in [6, 6.07) is 19.4. The van der Waals surface area contributed by atoms with Gasteiger partial charge in [-0.2, -0.15) is 0 Å². The number of hydrogen-bond acceptors (Lipinski definition) is 4. The van der Waals surface area contributed by atoms with E-state index in [0.29, 0.717) is 35.4 Å². The SMILES string of the molecule is CC1=C(C(=O)Nc2ccc(F)cc2)C(c2cccnc2)C2=C(CC(c3ccccc3)CC2=O)N1. The number of pyridine rings is 1. The van der Waals surface area contributed by atoms with E-state index >= 15 is 0 Å². The summed E-state index contributed by atoms with van der Waals surface area (Å²) in [6.07, 6.45) is 4.44. The van der Waals surface area contributed by atoms with Gasteiger partial charge in [-0.15, -0.1) is 0 Å². The van der Waals surface area contributed by atoms with Crippen molar-refractivity contribution in [2.24, 2.45) is 0 Å². The number of dihydropyridines is 1. The van der Waals surface area contributed by atoms with E-state index in [1.165, 1.54) is 24.3 Å². The zero-order chi connectivity index (χ0) is 23.7. The molecule has 1 aliphatic heterocycles. The van der Waals surface area contributed by atoms with Crippen LogP contribution in [0, 0.1) is 5.82 Å². The molecule has 1 amide bonds. The van der Waals surface area contributed by atoms with Crippen LogP contribution < -0.4 is 10.6 Å². The summed E-state index contributed by atoms with van der Waals surface area (Å²) in [5.74, 6) is -1.14. The first-order valence-corrected chi connectivity index (χ1v) is 11.3. The summed E-state index contributed by atoms with van der Waals surface area (Å²) in [5.41, 5.74) is 5.02. The molecule has 0 radical (unpaired) electrons. The van der Waals surface area contributed by atoms with Gasteiger partial charge in [-0.05, 0) is 60.7 Å². The number of aromatic nitrogens is 1. The van der Waals surface area contributed by atoms with E-state index in [1.54, 1.807) is 12.4 Å². The molecule has 5 nitrogen and oxygen atoms in total. The normalized spacial score (nSPS) is 20.0. The number of ketones is 1. The summed E-state index contributed by atoms with van der Waals surface area (Å²) >= 11 is 0. The number of rotatable bonds is 4. The van der Waals surface area contributed by atoms with E-state index in [2.05, 4.69) is 27.8 Å². The Balaban J connectivity index is 1.54. The number of carbonyl (C=O) groups is 2. The van der Waals surface area contributed by atoms with Crippen LogP contribution in [-0.4, -0.2) is 16.7 Å². The Labute approximate surface area is 197 Å². The van der Waals surface area contributed by atoms with E-state index in [-0.39, 0.29) is 23.4 Å². The lowest BCUT2D eigenvalue weighted by Gasteiger charge is -2.37. The first-order valence-electron chi connectivity index (χ1n) is 11.3. The van der Waals surface area contributed by atoms with Crippen LogP contribution in [-0.2, 0) is 9.59 Å². The third kappa shape index (κ3) is 4.15. The summed E-state index contributed by atoms with van der Waals surface area (Å²) in [5, 5.41) is 6.23. The lowest BCUT2D eigenvalue weighted by Crippen LogP contribution is -2.37. The number of Topliss-reactive ketones (excluding diaryl/α,β-unsaturated/α-hetero) is 1. The van der Waals surface area contributed by atoms with Crippen molar-refractivity contribution in [2.75, 3.05) is 5.32 Å². The first kappa shape index (κ1) is 21.8. The highest BCUT2D eigenvalue weighted by molar-refractivity contribution is 6.10. The first-order chi connectivity index (χ1) is 16.5. The molecule has 3 aromatic rings. The Morgan fingerprint density at radius 3 is 2.44 bits per heavy atom. The number of amides is 1. The van der Waals surface area contributed by atoms with Gasteiger partial charge in [0.1, 0.15) is 5.82 Å². The number of anilines is 1. The quantitative estimate of drug-likeness (QED) is 0.568. The summed E-state index contributed by atoms with van der Waals surface area (Å²) in [4.78, 5) is 31.3. The molecular formula is C28H24FN3O2. The number of allylic oxidation sites excluding steroid dienone is 3. The number of hydrogen-bond donors (Lipinski definition) is 2. The van der Waals surface area contributed by atoms with E-state index in [9.17, 15) is 14.0 Å². The molecule has 1 aliphatic carbocycles. The Kier molecular flexibility index (Phi) is 5.80. The van der Waals surface area contributed by atoms with Gasteiger partial charge in [0.05, 0.1) is 0 Å². The minimum atomic E-state index is -0.533. The van der Waals surface area contributed by atoms with E-state index < -0.39 is 5.92 Å². The number of nitrogens with zero attached hydrogens (tertiary/aromatic N) is 1. The monoisotopic (exact) mass is 453 g/mol. The fourth-order valence-electron chi connectivity index (χ4n) is 4.91. The molecule has 34 heavy (non-hydrogen) atoms. The van der Waals surface area contributed by atoms with E-state index in [4.69, 9.17) is 0 Å². The van der Waals surface area contributed by atoms with Gasteiger partial charge < -0.3 is 10.6 Å². The van der Waals surface area contributed by atoms with E-state index in [1.807, 2.05) is 37.3 Å². The molecule has 5 rings (SSSR count). The molecule has 1 aromatic heterocycles. The highest BCUT2D eigenvalue weighted by Crippen LogP contribution is 2.45. The Morgan fingerprint density at radius 1 is 1.00 bits per heavy atom. The fraction of sp³-hybridized carbons (Fsp3) is 0.179. The van der Waals surface area contributed by atoms with Crippen LogP contribution in [0.4, 0.5) is 10.1 Å². The molecule has 0 fully saturated rings. The third-order valence-corrected chi connectivity index (χ3v) is 6.46. The lowest BCUT2D eigenvalue weighted by molar-refractivity contribution is -0.116. The molecule has 6 heteroatoms. The standard InChI is InChI=1S/C28H24FN3O2/c1-17-25(28(34)32-22-11-9-21(29)10-12-22)26(19-8-5-13-30-16-19)27-23(31-17)14-20(15-24(27)33)18-6-3-2-4-7-18/h2-13,16,20,26,31H,14-15H2,1H3,(H,32,34). The Hall–Kier alpha value is -4.06. The number of carbonyl (C=O) groups excluding carboxylic acids is 2. The number of benzene rings is 2. The fourth-order valence-corrected chi connectivity index (χ4v) is 4.91. The van der Waals surface area contributed by atoms with Crippen molar-refractivity contribution in [3.63, 3.8) is 0 Å². The van der Waals surface area contributed by atoms with Gasteiger partial charge in [-0.25, -0.2) is 4.39 Å². The van der Waals surface area contributed by atoms with Crippen LogP contribution in [0.15, 0.2) is 102 Å². The van der Waals surface area contributed by atoms with E-state index in [0.717, 1.165) is 16.8 Å². The molecule has 0 bridgehead atoms. The minimum absolute atomic E-state index is 0.0241. The van der Waals surface area contributed by atoms with Crippen LogP contribution in [0.5, 0.6) is 0 Å². The molecule has 2 aromatic carbocycles. The average Bonchev–Trinajstić information content (AvgIpc) is 2.85. The second-order valence-corrected chi connectivity index (χ2v) is 8.68. The Morgan fingerprint density at radius 2 is 1.74 bits per heavy atom. The molecule has 2 N–H and O–H groups in total. The molecule has 170 valence electrons. The molecule has 0 spiro atoms. The predicted molar refractivity (Wildman–Crippen MR) is 128 cm³/mol. The van der Waals surface area contributed by atoms with Gasteiger partial charge >= 0.3 is 0 Å². The second kappa shape index (κ2) is 9.06. The van der Waals surface area contributed by atoms with Gasteiger partial charge in [0.15, 0.2) is 5.78 Å². The average molecular weight is 454 g/mol. The number of nitrogens with one attached hydrogen (secondary N) is 2. The minimum Gasteiger partial charge on any atom is -0.362 e. The highest BCUT2D eigenvalue weighted by atomic mass is 19.1. The van der Waals surface area contributed by atoms with Crippen molar-refractivity contribution in [3.05, 3.63) is 119 Å². The maximum Gasteiger partial charge on any atom is 0.254 e. The van der Waals surface area contributed by atoms with Gasteiger partial charge in [0.2, 0.25) is 0 Å². The van der Waals surface area contributed by atoms with Gasteiger partial charge in [-0.3, -0.25) is 14.6 Å². The summed E-state index contributed by atoms with van der Waals surface area (Å²) in [7, 11) is 0. The van der Waals surface area contributed by atoms with Crippen LogP contribution >= 0.6 is 0 Å². The van der Waals surface area contributed by atoms with Crippen LogP contribution in [0.25, 0.3) is 0 Å². The molecule has 2 unspecified atom stereocenters. The van der Waals surface area contributed by atoms with Crippen molar-refractivity contribution in [2.45, 2.75) is 31.6 Å². The zero-order valence-corrected chi connectivity index (χ0v) is 18.7. The summed E-state index contributed by atoms with van der Waals surface area (Å²) < 4.78 is 13.3. The molecule has 2 aliphatic rings. The van der Waals surface area contributed by atoms with Crippen LogP contribution in [0.2, 0.25) is 0 Å². The van der Waals surface area contributed by atoms with Crippen molar-refractivity contribution in [1.29, 1.82) is 0 Å². The highest BCUT2D eigenvalue weighted by Gasteiger charge is 2.41.